The molecule has 174 valence electrons. The monoisotopic (exact) mass is 490 g/mol. The van der Waals surface area contributed by atoms with Gasteiger partial charge in [0.1, 0.15) is 5.82 Å². The minimum Gasteiger partial charge on any atom is -0.325 e. The number of aromatic nitrogens is 1. The van der Waals surface area contributed by atoms with Gasteiger partial charge in [-0.25, -0.2) is 17.8 Å². The minimum absolute atomic E-state index is 0.132. The van der Waals surface area contributed by atoms with Crippen molar-refractivity contribution in [3.63, 3.8) is 0 Å². The van der Waals surface area contributed by atoms with E-state index in [0.717, 1.165) is 6.26 Å². The Kier molecular flexibility index (Phi) is 6.73. The van der Waals surface area contributed by atoms with E-state index in [2.05, 4.69) is 15.6 Å². The summed E-state index contributed by atoms with van der Waals surface area (Å²) in [6, 6.07) is 10.3. The molecule has 0 unspecified atom stereocenters. The van der Waals surface area contributed by atoms with Crippen LogP contribution < -0.4 is 10.6 Å². The largest absolute Gasteiger partial charge is 0.325 e. The summed E-state index contributed by atoms with van der Waals surface area (Å²) in [4.78, 5) is 31.5. The first-order valence-electron chi connectivity index (χ1n) is 10.4. The molecule has 2 amide bonds. The predicted octanol–water partition coefficient (Wildman–Crippen LogP) is 3.13. The van der Waals surface area contributed by atoms with Gasteiger partial charge >= 0.3 is 0 Å². The number of fused-ring (bicyclic) bond motifs is 1. The summed E-state index contributed by atoms with van der Waals surface area (Å²) in [5.41, 5.74) is 1.17. The summed E-state index contributed by atoms with van der Waals surface area (Å²) in [5, 5.41) is 6.01. The fraction of sp³-hybridized carbons (Fsp3) is 0.318. The molecular formula is C22H23FN4O4S2. The van der Waals surface area contributed by atoms with Crippen molar-refractivity contribution in [2.45, 2.75) is 17.7 Å². The lowest BCUT2D eigenvalue weighted by atomic mass is 9.96. The third-order valence-corrected chi connectivity index (χ3v) is 7.52. The summed E-state index contributed by atoms with van der Waals surface area (Å²) in [7, 11) is -3.32. The fourth-order valence-corrected chi connectivity index (χ4v) is 5.32. The average Bonchev–Trinajstić information content (AvgIpc) is 3.16. The van der Waals surface area contributed by atoms with Crippen LogP contribution in [0.3, 0.4) is 0 Å². The van der Waals surface area contributed by atoms with Gasteiger partial charge in [0.25, 0.3) is 0 Å². The maximum atomic E-state index is 13.0. The molecule has 1 saturated heterocycles. The molecule has 1 aliphatic heterocycles. The van der Waals surface area contributed by atoms with Crippen LogP contribution >= 0.6 is 11.3 Å². The Morgan fingerprint density at radius 3 is 2.48 bits per heavy atom. The molecule has 2 heterocycles. The first-order valence-corrected chi connectivity index (χ1v) is 13.1. The summed E-state index contributed by atoms with van der Waals surface area (Å²) in [5.74, 6) is -0.877. The van der Waals surface area contributed by atoms with Gasteiger partial charge in [-0.3, -0.25) is 14.5 Å². The van der Waals surface area contributed by atoms with Crippen molar-refractivity contribution in [3.05, 3.63) is 48.3 Å². The number of benzene rings is 2. The van der Waals surface area contributed by atoms with Crippen LogP contribution in [-0.4, -0.2) is 56.0 Å². The van der Waals surface area contributed by atoms with Crippen molar-refractivity contribution in [1.82, 2.24) is 9.88 Å². The van der Waals surface area contributed by atoms with Crippen molar-refractivity contribution in [3.8, 4) is 0 Å². The lowest BCUT2D eigenvalue weighted by molar-refractivity contribution is -0.121. The minimum atomic E-state index is -3.32. The van der Waals surface area contributed by atoms with Gasteiger partial charge in [0.15, 0.2) is 15.0 Å². The highest BCUT2D eigenvalue weighted by Crippen LogP contribution is 2.29. The fourth-order valence-electron chi connectivity index (χ4n) is 3.69. The standard InChI is InChI=1S/C22H23FN4O4S2/c1-33(30,31)17-6-7-18-19(12-17)32-22(25-18)26-21(29)14-8-10-27(11-9-14)13-20(28)24-16-4-2-15(23)3-5-16/h2-7,12,14H,8-11,13H2,1H3,(H,24,28)(H,25,26,29). The maximum Gasteiger partial charge on any atom is 0.238 e. The Bertz CT molecular complexity index is 1280. The summed E-state index contributed by atoms with van der Waals surface area (Å²) < 4.78 is 37.1. The lowest BCUT2D eigenvalue weighted by Gasteiger charge is -2.30. The van der Waals surface area contributed by atoms with Gasteiger partial charge in [-0.1, -0.05) is 11.3 Å². The number of carbonyl (C=O) groups is 2. The molecule has 0 saturated carbocycles. The van der Waals surface area contributed by atoms with E-state index < -0.39 is 9.84 Å². The molecule has 0 aliphatic carbocycles. The van der Waals surface area contributed by atoms with E-state index in [-0.39, 0.29) is 35.0 Å². The molecule has 33 heavy (non-hydrogen) atoms. The second kappa shape index (κ2) is 9.54. The third-order valence-electron chi connectivity index (χ3n) is 5.47. The highest BCUT2D eigenvalue weighted by atomic mass is 32.2. The van der Waals surface area contributed by atoms with Gasteiger partial charge in [-0.15, -0.1) is 0 Å². The Balaban J connectivity index is 1.28. The molecule has 2 N–H and O–H groups in total. The first kappa shape index (κ1) is 23.3. The van der Waals surface area contributed by atoms with Gasteiger partial charge in [-0.2, -0.15) is 0 Å². The zero-order valence-corrected chi connectivity index (χ0v) is 19.5. The number of nitrogens with one attached hydrogen (secondary N) is 2. The number of anilines is 2. The molecule has 3 aromatic rings. The highest BCUT2D eigenvalue weighted by Gasteiger charge is 2.26. The van der Waals surface area contributed by atoms with Gasteiger partial charge in [0.05, 0.1) is 21.7 Å². The quantitative estimate of drug-likeness (QED) is 0.550. The van der Waals surface area contributed by atoms with Crippen LogP contribution in [0.1, 0.15) is 12.8 Å². The second-order valence-electron chi connectivity index (χ2n) is 8.02. The van der Waals surface area contributed by atoms with E-state index in [4.69, 9.17) is 0 Å². The average molecular weight is 491 g/mol. The summed E-state index contributed by atoms with van der Waals surface area (Å²) in [6.07, 6.45) is 2.37. The van der Waals surface area contributed by atoms with Crippen LogP contribution in [0, 0.1) is 11.7 Å². The number of amides is 2. The number of thiazole rings is 1. The maximum absolute atomic E-state index is 13.0. The molecule has 8 nitrogen and oxygen atoms in total. The predicted molar refractivity (Wildman–Crippen MR) is 126 cm³/mol. The molecule has 0 spiro atoms. The molecule has 2 aromatic carbocycles. The number of hydrogen-bond donors (Lipinski definition) is 2. The van der Waals surface area contributed by atoms with Crippen molar-refractivity contribution in [2.24, 2.45) is 5.92 Å². The van der Waals surface area contributed by atoms with E-state index in [9.17, 15) is 22.4 Å². The Labute approximate surface area is 194 Å². The van der Waals surface area contributed by atoms with Crippen molar-refractivity contribution in [2.75, 3.05) is 36.5 Å². The van der Waals surface area contributed by atoms with Crippen LogP contribution in [0.4, 0.5) is 15.2 Å². The van der Waals surface area contributed by atoms with Crippen LogP contribution in [0.5, 0.6) is 0 Å². The Morgan fingerprint density at radius 1 is 1.12 bits per heavy atom. The van der Waals surface area contributed by atoms with Gasteiger partial charge in [-0.05, 0) is 68.4 Å². The molecule has 11 heteroatoms. The molecule has 0 bridgehead atoms. The topological polar surface area (TPSA) is 108 Å². The Morgan fingerprint density at radius 2 is 1.82 bits per heavy atom. The van der Waals surface area contributed by atoms with E-state index in [1.807, 2.05) is 4.90 Å². The number of likely N-dealkylation sites (tertiary alicyclic amines) is 1. The molecule has 1 aromatic heterocycles. The van der Waals surface area contributed by atoms with E-state index in [1.165, 1.54) is 41.7 Å². The highest BCUT2D eigenvalue weighted by molar-refractivity contribution is 7.90. The number of halogens is 1. The van der Waals surface area contributed by atoms with Crippen molar-refractivity contribution >= 4 is 54.0 Å². The number of hydrogen-bond acceptors (Lipinski definition) is 7. The lowest BCUT2D eigenvalue weighted by Crippen LogP contribution is -2.41. The normalized spacial score (nSPS) is 15.5. The molecule has 1 fully saturated rings. The van der Waals surface area contributed by atoms with E-state index in [1.54, 1.807) is 12.1 Å². The molecule has 0 atom stereocenters. The van der Waals surface area contributed by atoms with Gasteiger partial charge in [0, 0.05) is 17.9 Å². The van der Waals surface area contributed by atoms with Gasteiger partial charge < -0.3 is 10.6 Å². The first-order chi connectivity index (χ1) is 15.7. The van der Waals surface area contributed by atoms with E-state index >= 15 is 0 Å². The van der Waals surface area contributed by atoms with Crippen LogP contribution in [0.2, 0.25) is 0 Å². The van der Waals surface area contributed by atoms with Crippen LogP contribution in [0.15, 0.2) is 47.4 Å². The van der Waals surface area contributed by atoms with Crippen LogP contribution in [0.25, 0.3) is 10.2 Å². The van der Waals surface area contributed by atoms with Crippen molar-refractivity contribution < 1.29 is 22.4 Å². The summed E-state index contributed by atoms with van der Waals surface area (Å²) in [6.45, 7) is 1.41. The third kappa shape index (κ3) is 5.92. The summed E-state index contributed by atoms with van der Waals surface area (Å²) >= 11 is 1.24. The number of piperidine rings is 1. The molecule has 0 radical (unpaired) electrons. The molecular weight excluding hydrogens is 467 g/mol. The number of carbonyl (C=O) groups excluding carboxylic acids is 2. The second-order valence-corrected chi connectivity index (χ2v) is 11.1. The molecule has 4 rings (SSSR count). The van der Waals surface area contributed by atoms with Crippen LogP contribution in [-0.2, 0) is 19.4 Å². The van der Waals surface area contributed by atoms with E-state index in [0.29, 0.717) is 47.0 Å². The SMILES string of the molecule is CS(=O)(=O)c1ccc2nc(NC(=O)C3CCN(CC(=O)Nc4ccc(F)cc4)CC3)sc2c1. The zero-order chi connectivity index (χ0) is 23.6. The van der Waals surface area contributed by atoms with Gasteiger partial charge in [0.2, 0.25) is 11.8 Å². The van der Waals surface area contributed by atoms with Crippen molar-refractivity contribution in [1.29, 1.82) is 0 Å². The number of sulfone groups is 1. The molecule has 1 aliphatic rings. The smallest absolute Gasteiger partial charge is 0.238 e. The Hall–Kier alpha value is -2.89. The zero-order valence-electron chi connectivity index (χ0n) is 17.9. The number of rotatable bonds is 6. The number of nitrogens with zero attached hydrogens (tertiary/aromatic N) is 2.